The summed E-state index contributed by atoms with van der Waals surface area (Å²) < 4.78 is 6.32. The van der Waals surface area contributed by atoms with E-state index >= 15 is 0 Å². The monoisotopic (exact) mass is 604 g/mol. The summed E-state index contributed by atoms with van der Waals surface area (Å²) in [6.45, 7) is 4.68. The van der Waals surface area contributed by atoms with Crippen LogP contribution in [0.25, 0.3) is 55.3 Å². The summed E-state index contributed by atoms with van der Waals surface area (Å²) in [5.41, 5.74) is 14.9. The molecule has 0 fully saturated rings. The van der Waals surface area contributed by atoms with Crippen molar-refractivity contribution in [3.05, 3.63) is 169 Å². The van der Waals surface area contributed by atoms with Gasteiger partial charge in [-0.25, -0.2) is 0 Å². The van der Waals surface area contributed by atoms with Crippen LogP contribution in [-0.2, 0) is 5.41 Å². The van der Waals surface area contributed by atoms with Gasteiger partial charge in [0, 0.05) is 45.5 Å². The Morgan fingerprint density at radius 2 is 1.23 bits per heavy atom. The number of benzene rings is 6. The zero-order chi connectivity index (χ0) is 31.5. The first-order valence-corrected chi connectivity index (χ1v) is 16.1. The second kappa shape index (κ2) is 10.6. The first-order valence-electron chi connectivity index (χ1n) is 16.1. The fourth-order valence-electron chi connectivity index (χ4n) is 7.49. The number of furan rings is 1. The van der Waals surface area contributed by atoms with Crippen LogP contribution >= 0.6 is 0 Å². The number of anilines is 3. The summed E-state index contributed by atoms with van der Waals surface area (Å²) in [6, 6.07) is 52.1. The highest BCUT2D eigenvalue weighted by Crippen LogP contribution is 2.51. The lowest BCUT2D eigenvalue weighted by Gasteiger charge is -2.30. The predicted molar refractivity (Wildman–Crippen MR) is 195 cm³/mol. The van der Waals surface area contributed by atoms with Crippen molar-refractivity contribution in [2.75, 3.05) is 4.90 Å². The fraction of sp³-hybridized carbons (Fsp3) is 0.0682. The van der Waals surface area contributed by atoms with E-state index in [0.29, 0.717) is 0 Å². The molecule has 2 heterocycles. The first kappa shape index (κ1) is 27.4. The van der Waals surface area contributed by atoms with E-state index in [9.17, 15) is 0 Å². The number of fused-ring (bicyclic) bond motifs is 6. The molecule has 0 N–H and O–H groups in total. The Labute approximate surface area is 274 Å². The molecule has 47 heavy (non-hydrogen) atoms. The Hall–Kier alpha value is -5.93. The van der Waals surface area contributed by atoms with Crippen LogP contribution in [0.3, 0.4) is 0 Å². The normalized spacial score (nSPS) is 13.1. The van der Waals surface area contributed by atoms with Gasteiger partial charge in [-0.05, 0) is 87.5 Å². The number of pyridine rings is 1. The molecule has 224 valence electrons. The van der Waals surface area contributed by atoms with Crippen LogP contribution in [0.15, 0.2) is 162 Å². The molecular weight excluding hydrogens is 572 g/mol. The molecule has 8 aromatic rings. The van der Waals surface area contributed by atoms with E-state index in [4.69, 9.17) is 4.42 Å². The van der Waals surface area contributed by atoms with Gasteiger partial charge >= 0.3 is 0 Å². The molecule has 1 aliphatic rings. The Kier molecular flexibility index (Phi) is 6.16. The maximum absolute atomic E-state index is 6.32. The van der Waals surface area contributed by atoms with Gasteiger partial charge < -0.3 is 9.32 Å². The highest BCUT2D eigenvalue weighted by molar-refractivity contribution is 6.13. The quantitative estimate of drug-likeness (QED) is 0.196. The standard InChI is InChI=1S/C44H32N2O/c1-44(2)38-16-6-3-12-33(38)34-25-24-32(27-39(34)44)46(31-22-20-29(21-23-31)30-11-10-26-45-28-30)40-17-7-4-13-35(40)36-15-9-19-42-43(36)37-14-5-8-18-41(37)47-42/h3-28H,1-2H3. The summed E-state index contributed by atoms with van der Waals surface area (Å²) in [5.74, 6) is 0. The SMILES string of the molecule is CC1(C)c2ccccc2-c2ccc(N(c3ccc(-c4cccnc4)cc3)c3ccccc3-c3cccc4oc5ccccc5c34)cc21. The van der Waals surface area contributed by atoms with Crippen molar-refractivity contribution in [1.29, 1.82) is 0 Å². The number of hydrogen-bond donors (Lipinski definition) is 0. The molecule has 0 saturated carbocycles. The van der Waals surface area contributed by atoms with Crippen molar-refractivity contribution in [3.63, 3.8) is 0 Å². The lowest BCUT2D eigenvalue weighted by Crippen LogP contribution is -2.16. The van der Waals surface area contributed by atoms with Crippen molar-refractivity contribution < 1.29 is 4.42 Å². The van der Waals surface area contributed by atoms with Gasteiger partial charge in [0.05, 0.1) is 5.69 Å². The average Bonchev–Trinajstić information content (AvgIpc) is 3.62. The summed E-state index contributed by atoms with van der Waals surface area (Å²) >= 11 is 0. The molecule has 0 aliphatic heterocycles. The van der Waals surface area contributed by atoms with Crippen LogP contribution in [0, 0.1) is 0 Å². The smallest absolute Gasteiger partial charge is 0.136 e. The minimum atomic E-state index is -0.113. The van der Waals surface area contributed by atoms with Crippen LogP contribution in [-0.4, -0.2) is 4.98 Å². The highest BCUT2D eigenvalue weighted by atomic mass is 16.3. The van der Waals surface area contributed by atoms with Gasteiger partial charge in [-0.1, -0.05) is 111 Å². The minimum Gasteiger partial charge on any atom is -0.456 e. The molecule has 9 rings (SSSR count). The predicted octanol–water partition coefficient (Wildman–Crippen LogP) is 12.1. The third-order valence-electron chi connectivity index (χ3n) is 9.78. The van der Waals surface area contributed by atoms with E-state index in [0.717, 1.165) is 61.3 Å². The van der Waals surface area contributed by atoms with E-state index in [2.05, 4.69) is 151 Å². The Balaban J connectivity index is 1.27. The van der Waals surface area contributed by atoms with Crippen LogP contribution in [0.2, 0.25) is 0 Å². The summed E-state index contributed by atoms with van der Waals surface area (Å²) in [4.78, 5) is 6.75. The van der Waals surface area contributed by atoms with Gasteiger partial charge in [-0.3, -0.25) is 4.98 Å². The molecule has 0 unspecified atom stereocenters. The first-order chi connectivity index (χ1) is 23.1. The van der Waals surface area contributed by atoms with Crippen LogP contribution in [0.4, 0.5) is 17.1 Å². The number of rotatable bonds is 5. The molecule has 0 spiro atoms. The van der Waals surface area contributed by atoms with Gasteiger partial charge in [0.15, 0.2) is 0 Å². The van der Waals surface area contributed by atoms with E-state index in [1.54, 1.807) is 0 Å². The van der Waals surface area contributed by atoms with E-state index in [1.165, 1.54) is 22.3 Å². The molecule has 0 amide bonds. The van der Waals surface area contributed by atoms with Crippen molar-refractivity contribution in [2.24, 2.45) is 0 Å². The zero-order valence-electron chi connectivity index (χ0n) is 26.3. The van der Waals surface area contributed by atoms with Gasteiger partial charge in [0.1, 0.15) is 11.2 Å². The van der Waals surface area contributed by atoms with Crippen molar-refractivity contribution in [2.45, 2.75) is 19.3 Å². The number of para-hydroxylation sites is 2. The second-order valence-corrected chi connectivity index (χ2v) is 12.8. The zero-order valence-corrected chi connectivity index (χ0v) is 26.3. The Morgan fingerprint density at radius 3 is 2.09 bits per heavy atom. The maximum Gasteiger partial charge on any atom is 0.136 e. The van der Waals surface area contributed by atoms with Crippen LogP contribution in [0.5, 0.6) is 0 Å². The molecular formula is C44H32N2O. The second-order valence-electron chi connectivity index (χ2n) is 12.8. The third-order valence-corrected chi connectivity index (χ3v) is 9.78. The summed E-state index contributed by atoms with van der Waals surface area (Å²) in [5, 5.41) is 2.25. The fourth-order valence-corrected chi connectivity index (χ4v) is 7.49. The van der Waals surface area contributed by atoms with Crippen LogP contribution < -0.4 is 4.90 Å². The minimum absolute atomic E-state index is 0.113. The molecule has 3 nitrogen and oxygen atoms in total. The van der Waals surface area contributed by atoms with Crippen molar-refractivity contribution in [3.8, 4) is 33.4 Å². The third kappa shape index (κ3) is 4.31. The number of nitrogens with zero attached hydrogens (tertiary/aromatic N) is 2. The Morgan fingerprint density at radius 1 is 0.532 bits per heavy atom. The van der Waals surface area contributed by atoms with Gasteiger partial charge in [-0.2, -0.15) is 0 Å². The Bertz CT molecular complexity index is 2440. The lowest BCUT2D eigenvalue weighted by molar-refractivity contribution is 0.660. The molecule has 6 aromatic carbocycles. The van der Waals surface area contributed by atoms with Gasteiger partial charge in [-0.15, -0.1) is 0 Å². The topological polar surface area (TPSA) is 29.3 Å². The molecule has 0 atom stereocenters. The molecule has 2 aromatic heterocycles. The molecule has 1 aliphatic carbocycles. The molecule has 3 heteroatoms. The maximum atomic E-state index is 6.32. The largest absolute Gasteiger partial charge is 0.456 e. The molecule has 0 radical (unpaired) electrons. The summed E-state index contributed by atoms with van der Waals surface area (Å²) in [7, 11) is 0. The lowest BCUT2D eigenvalue weighted by atomic mass is 9.82. The van der Waals surface area contributed by atoms with E-state index in [1.807, 2.05) is 30.6 Å². The number of aromatic nitrogens is 1. The van der Waals surface area contributed by atoms with Gasteiger partial charge in [0.2, 0.25) is 0 Å². The van der Waals surface area contributed by atoms with E-state index < -0.39 is 0 Å². The van der Waals surface area contributed by atoms with Gasteiger partial charge in [0.25, 0.3) is 0 Å². The highest BCUT2D eigenvalue weighted by Gasteiger charge is 2.36. The van der Waals surface area contributed by atoms with E-state index in [-0.39, 0.29) is 5.41 Å². The molecule has 0 saturated heterocycles. The summed E-state index contributed by atoms with van der Waals surface area (Å²) in [6.07, 6.45) is 3.73. The van der Waals surface area contributed by atoms with Crippen LogP contribution in [0.1, 0.15) is 25.0 Å². The van der Waals surface area contributed by atoms with Crippen molar-refractivity contribution >= 4 is 39.0 Å². The number of hydrogen-bond acceptors (Lipinski definition) is 3. The average molecular weight is 605 g/mol. The van der Waals surface area contributed by atoms with Crippen molar-refractivity contribution in [1.82, 2.24) is 4.98 Å². The molecule has 0 bridgehead atoms.